The van der Waals surface area contributed by atoms with Gasteiger partial charge in [-0.3, -0.25) is 9.38 Å². The number of hydrogen-bond acceptors (Lipinski definition) is 1. The van der Waals surface area contributed by atoms with Gasteiger partial charge in [-0.1, -0.05) is 58.0 Å². The molecule has 25 heavy (non-hydrogen) atoms. The molecule has 0 saturated carbocycles. The summed E-state index contributed by atoms with van der Waals surface area (Å²) in [6, 6.07) is 18.1. The van der Waals surface area contributed by atoms with Gasteiger partial charge in [0.25, 0.3) is 0 Å². The quantitative estimate of drug-likeness (QED) is 0.624. The molecule has 4 rings (SSSR count). The standard InChI is InChI=1S/C23H31N2/c1-7-22(3)17-13-9-10-14-18(17)24-19-15-11-12-16-20(19)25(5,6)21(24)23(22,4)8-2/h9-16,21H,7-8H2,1-6H3/q+1. The third-order valence-electron chi connectivity index (χ3n) is 7.65. The molecule has 0 N–H and O–H groups in total. The fraction of sp³-hybridized carbons (Fsp3) is 0.478. The maximum absolute atomic E-state index is 2.64. The van der Waals surface area contributed by atoms with Gasteiger partial charge in [0.2, 0.25) is 0 Å². The van der Waals surface area contributed by atoms with Crippen LogP contribution in [0.3, 0.4) is 0 Å². The molecule has 3 atom stereocenters. The van der Waals surface area contributed by atoms with Gasteiger partial charge in [-0.05, 0) is 30.5 Å². The zero-order valence-corrected chi connectivity index (χ0v) is 16.5. The van der Waals surface area contributed by atoms with Crippen molar-refractivity contribution in [3.63, 3.8) is 0 Å². The summed E-state index contributed by atoms with van der Waals surface area (Å²) in [5.41, 5.74) is 6.06. The van der Waals surface area contributed by atoms with E-state index in [9.17, 15) is 0 Å². The van der Waals surface area contributed by atoms with Gasteiger partial charge in [0.05, 0.1) is 19.8 Å². The Hall–Kier alpha value is -1.80. The molecule has 0 radical (unpaired) electrons. The molecule has 2 nitrogen and oxygen atoms in total. The maximum atomic E-state index is 2.64. The second-order valence-electron chi connectivity index (χ2n) is 8.75. The van der Waals surface area contributed by atoms with Crippen molar-refractivity contribution in [3.8, 4) is 0 Å². The second-order valence-corrected chi connectivity index (χ2v) is 8.75. The molecule has 2 aliphatic rings. The van der Waals surface area contributed by atoms with Crippen molar-refractivity contribution in [1.82, 2.24) is 4.48 Å². The highest BCUT2D eigenvalue weighted by Gasteiger charge is 2.64. The highest BCUT2D eigenvalue weighted by atomic mass is 15.5. The van der Waals surface area contributed by atoms with Gasteiger partial charge < -0.3 is 0 Å². The van der Waals surface area contributed by atoms with Gasteiger partial charge in [0.1, 0.15) is 5.69 Å². The Morgan fingerprint density at radius 3 is 2.12 bits per heavy atom. The van der Waals surface area contributed by atoms with E-state index in [2.05, 4.69) is 95.2 Å². The Labute approximate surface area is 152 Å². The van der Waals surface area contributed by atoms with Crippen molar-refractivity contribution in [2.75, 3.05) is 19.0 Å². The first-order chi connectivity index (χ1) is 11.8. The molecule has 0 fully saturated rings. The predicted molar refractivity (Wildman–Crippen MR) is 108 cm³/mol. The van der Waals surface area contributed by atoms with Crippen LogP contribution in [0.25, 0.3) is 0 Å². The fourth-order valence-corrected chi connectivity index (χ4v) is 5.88. The Morgan fingerprint density at radius 2 is 1.48 bits per heavy atom. The van der Waals surface area contributed by atoms with E-state index in [0.29, 0.717) is 6.17 Å². The SMILES string of the molecule is CCC1(C)c2ccccc2N2c3ccccc3[N+](C)(C)C2C1(C)CC. The number of hydrogen-bond donors (Lipinski definition) is 0. The summed E-state index contributed by atoms with van der Waals surface area (Å²) >= 11 is 0. The van der Waals surface area contributed by atoms with Crippen LogP contribution in [0.15, 0.2) is 48.5 Å². The minimum atomic E-state index is 0.164. The molecule has 0 aliphatic carbocycles. The number of para-hydroxylation sites is 3. The van der Waals surface area contributed by atoms with Crippen molar-refractivity contribution in [2.45, 2.75) is 52.1 Å². The molecule has 0 spiro atoms. The van der Waals surface area contributed by atoms with Crippen LogP contribution in [-0.2, 0) is 5.41 Å². The third-order valence-corrected chi connectivity index (χ3v) is 7.65. The van der Waals surface area contributed by atoms with E-state index >= 15 is 0 Å². The molecule has 2 heterocycles. The highest BCUT2D eigenvalue weighted by Crippen LogP contribution is 2.64. The molecular formula is C23H31N2+. The Morgan fingerprint density at radius 1 is 0.880 bits per heavy atom. The van der Waals surface area contributed by atoms with Gasteiger partial charge in [-0.15, -0.1) is 0 Å². The largest absolute Gasteiger partial charge is 0.285 e. The lowest BCUT2D eigenvalue weighted by Crippen LogP contribution is -2.68. The monoisotopic (exact) mass is 335 g/mol. The lowest BCUT2D eigenvalue weighted by Gasteiger charge is -2.58. The van der Waals surface area contributed by atoms with E-state index in [1.165, 1.54) is 29.0 Å². The van der Waals surface area contributed by atoms with E-state index in [1.54, 1.807) is 0 Å². The van der Waals surface area contributed by atoms with Crippen LogP contribution in [0.4, 0.5) is 17.1 Å². The van der Waals surface area contributed by atoms with Gasteiger partial charge in [0, 0.05) is 16.9 Å². The van der Waals surface area contributed by atoms with Crippen LogP contribution >= 0.6 is 0 Å². The van der Waals surface area contributed by atoms with E-state index < -0.39 is 0 Å². The van der Waals surface area contributed by atoms with Crippen LogP contribution in [0.1, 0.15) is 46.1 Å². The minimum Gasteiger partial charge on any atom is -0.285 e. The van der Waals surface area contributed by atoms with E-state index in [0.717, 1.165) is 10.9 Å². The molecule has 2 heteroatoms. The highest BCUT2D eigenvalue weighted by molar-refractivity contribution is 5.84. The number of nitrogens with zero attached hydrogens (tertiary/aromatic N) is 2. The zero-order valence-electron chi connectivity index (χ0n) is 16.5. The molecule has 0 aromatic heterocycles. The van der Waals surface area contributed by atoms with E-state index in [-0.39, 0.29) is 10.8 Å². The van der Waals surface area contributed by atoms with E-state index in [1.807, 2.05) is 0 Å². The first-order valence-corrected chi connectivity index (χ1v) is 9.65. The average Bonchev–Trinajstić information content (AvgIpc) is 2.88. The normalized spacial score (nSPS) is 32.1. The molecule has 0 bridgehead atoms. The molecular weight excluding hydrogens is 304 g/mol. The predicted octanol–water partition coefficient (Wildman–Crippen LogP) is 5.83. The van der Waals surface area contributed by atoms with Gasteiger partial charge in [-0.2, -0.15) is 0 Å². The average molecular weight is 336 g/mol. The van der Waals surface area contributed by atoms with Crippen molar-refractivity contribution >= 4 is 17.1 Å². The summed E-state index contributed by atoms with van der Waals surface area (Å²) in [4.78, 5) is 2.64. The van der Waals surface area contributed by atoms with Crippen LogP contribution in [0.2, 0.25) is 0 Å². The van der Waals surface area contributed by atoms with Crippen molar-refractivity contribution in [1.29, 1.82) is 0 Å². The first kappa shape index (κ1) is 16.7. The molecule has 0 saturated heterocycles. The number of rotatable bonds is 2. The van der Waals surface area contributed by atoms with Crippen LogP contribution in [0.5, 0.6) is 0 Å². The topological polar surface area (TPSA) is 3.24 Å². The molecule has 0 amide bonds. The molecule has 2 aromatic rings. The minimum absolute atomic E-state index is 0.164. The Bertz CT molecular complexity index is 824. The second kappa shape index (κ2) is 5.11. The smallest absolute Gasteiger partial charge is 0.179 e. The van der Waals surface area contributed by atoms with Crippen LogP contribution < -0.4 is 9.38 Å². The van der Waals surface area contributed by atoms with Gasteiger partial charge in [-0.25, -0.2) is 0 Å². The van der Waals surface area contributed by atoms with Gasteiger partial charge in [0.15, 0.2) is 11.9 Å². The molecule has 132 valence electrons. The Kier molecular flexibility index (Phi) is 3.40. The van der Waals surface area contributed by atoms with Crippen molar-refractivity contribution in [3.05, 3.63) is 54.1 Å². The van der Waals surface area contributed by atoms with E-state index in [4.69, 9.17) is 0 Å². The summed E-state index contributed by atoms with van der Waals surface area (Å²) in [7, 11) is 4.78. The third kappa shape index (κ3) is 1.79. The number of quaternary nitrogens is 1. The summed E-state index contributed by atoms with van der Waals surface area (Å²) in [5, 5.41) is 0. The Balaban J connectivity index is 2.11. The molecule has 2 aromatic carbocycles. The maximum Gasteiger partial charge on any atom is 0.179 e. The zero-order chi connectivity index (χ0) is 18.0. The number of fused-ring (bicyclic) bond motifs is 5. The molecule has 2 aliphatic heterocycles. The fourth-order valence-electron chi connectivity index (χ4n) is 5.88. The number of anilines is 2. The van der Waals surface area contributed by atoms with Crippen molar-refractivity contribution in [2.24, 2.45) is 5.41 Å². The van der Waals surface area contributed by atoms with Crippen LogP contribution in [-0.4, -0.2) is 20.3 Å². The lowest BCUT2D eigenvalue weighted by molar-refractivity contribution is 0.0346. The summed E-state index contributed by atoms with van der Waals surface area (Å²) < 4.78 is 0.921. The van der Waals surface area contributed by atoms with Crippen molar-refractivity contribution < 1.29 is 0 Å². The lowest BCUT2D eigenvalue weighted by atomic mass is 9.55. The first-order valence-electron chi connectivity index (χ1n) is 9.65. The number of benzene rings is 2. The molecule has 3 unspecified atom stereocenters. The summed E-state index contributed by atoms with van der Waals surface area (Å²) in [6.45, 7) is 9.76. The van der Waals surface area contributed by atoms with Gasteiger partial charge >= 0.3 is 0 Å². The summed E-state index contributed by atoms with van der Waals surface area (Å²) in [5.74, 6) is 0. The summed E-state index contributed by atoms with van der Waals surface area (Å²) in [6.07, 6.45) is 2.74. The van der Waals surface area contributed by atoms with Crippen LogP contribution in [0, 0.1) is 5.41 Å².